The van der Waals surface area contributed by atoms with Crippen molar-refractivity contribution in [3.63, 3.8) is 0 Å². The molecule has 7 nitrogen and oxygen atoms in total. The molecule has 34 heavy (non-hydrogen) atoms. The van der Waals surface area contributed by atoms with Gasteiger partial charge in [-0.15, -0.1) is 0 Å². The standard InChI is InChI=1S/C26H32FN3O4/c1-33-22-15-18-12-14-30(26(32)28-13-11-24(31)29-20-5-3-4-6-20)25(21(18)16-23(22)34-2)17-7-9-19(27)10-8-17/h7-10,15-16,20,25H,3-6,11-14H2,1-2H3,(H,28,32)(H,29,31). The highest BCUT2D eigenvalue weighted by molar-refractivity contribution is 5.79. The van der Waals surface area contributed by atoms with Crippen molar-refractivity contribution in [1.82, 2.24) is 15.5 Å². The van der Waals surface area contributed by atoms with E-state index in [0.29, 0.717) is 24.5 Å². The van der Waals surface area contributed by atoms with Crippen LogP contribution in [-0.2, 0) is 11.2 Å². The lowest BCUT2D eigenvalue weighted by molar-refractivity contribution is -0.121. The van der Waals surface area contributed by atoms with Crippen LogP contribution in [0.5, 0.6) is 11.5 Å². The Labute approximate surface area is 199 Å². The third-order valence-corrected chi connectivity index (χ3v) is 6.67. The van der Waals surface area contributed by atoms with Crippen molar-refractivity contribution >= 4 is 11.9 Å². The Bertz CT molecular complexity index is 1020. The number of methoxy groups -OCH3 is 2. The van der Waals surface area contributed by atoms with Gasteiger partial charge in [-0.2, -0.15) is 0 Å². The number of rotatable bonds is 7. The second-order valence-electron chi connectivity index (χ2n) is 8.83. The molecule has 1 aliphatic heterocycles. The number of ether oxygens (including phenoxy) is 2. The molecule has 0 spiro atoms. The van der Waals surface area contributed by atoms with Gasteiger partial charge >= 0.3 is 6.03 Å². The van der Waals surface area contributed by atoms with Crippen molar-refractivity contribution in [3.05, 3.63) is 58.9 Å². The van der Waals surface area contributed by atoms with E-state index >= 15 is 0 Å². The molecule has 3 amide bonds. The van der Waals surface area contributed by atoms with Crippen molar-refractivity contribution in [2.45, 2.75) is 50.6 Å². The Hall–Kier alpha value is -3.29. The van der Waals surface area contributed by atoms with Crippen LogP contribution in [0.25, 0.3) is 0 Å². The second-order valence-corrected chi connectivity index (χ2v) is 8.83. The number of urea groups is 1. The summed E-state index contributed by atoms with van der Waals surface area (Å²) in [5, 5.41) is 5.94. The van der Waals surface area contributed by atoms with Gasteiger partial charge in [-0.05, 0) is 60.2 Å². The van der Waals surface area contributed by atoms with E-state index in [4.69, 9.17) is 9.47 Å². The van der Waals surface area contributed by atoms with E-state index in [0.717, 1.165) is 42.4 Å². The molecule has 0 bridgehead atoms. The third-order valence-electron chi connectivity index (χ3n) is 6.67. The fourth-order valence-corrected chi connectivity index (χ4v) is 4.92. The van der Waals surface area contributed by atoms with Crippen LogP contribution >= 0.6 is 0 Å². The topological polar surface area (TPSA) is 79.9 Å². The smallest absolute Gasteiger partial charge is 0.318 e. The fraction of sp³-hybridized carbons (Fsp3) is 0.462. The normalized spacial score (nSPS) is 17.7. The van der Waals surface area contributed by atoms with Crippen LogP contribution in [0.4, 0.5) is 9.18 Å². The summed E-state index contributed by atoms with van der Waals surface area (Å²) >= 11 is 0. The second kappa shape index (κ2) is 10.8. The molecule has 1 unspecified atom stereocenters. The maximum atomic E-state index is 13.6. The number of fused-ring (bicyclic) bond motifs is 1. The van der Waals surface area contributed by atoms with Gasteiger partial charge < -0.3 is 25.0 Å². The molecule has 8 heteroatoms. The van der Waals surface area contributed by atoms with Crippen LogP contribution in [-0.4, -0.2) is 50.2 Å². The van der Waals surface area contributed by atoms with E-state index in [2.05, 4.69) is 10.6 Å². The van der Waals surface area contributed by atoms with Gasteiger partial charge in [-0.3, -0.25) is 4.79 Å². The lowest BCUT2D eigenvalue weighted by Crippen LogP contribution is -2.47. The predicted molar refractivity (Wildman–Crippen MR) is 127 cm³/mol. The van der Waals surface area contributed by atoms with Gasteiger partial charge in [0.25, 0.3) is 0 Å². The van der Waals surface area contributed by atoms with Crippen molar-refractivity contribution < 1.29 is 23.5 Å². The molecule has 0 radical (unpaired) electrons. The van der Waals surface area contributed by atoms with Gasteiger partial charge in [-0.25, -0.2) is 9.18 Å². The van der Waals surface area contributed by atoms with Crippen LogP contribution in [0.3, 0.4) is 0 Å². The Kier molecular flexibility index (Phi) is 7.55. The maximum Gasteiger partial charge on any atom is 0.318 e. The lowest BCUT2D eigenvalue weighted by atomic mass is 9.88. The van der Waals surface area contributed by atoms with E-state index in [1.54, 1.807) is 31.3 Å². The van der Waals surface area contributed by atoms with Gasteiger partial charge in [-0.1, -0.05) is 25.0 Å². The minimum atomic E-state index is -0.420. The average molecular weight is 470 g/mol. The minimum absolute atomic E-state index is 0.0388. The Morgan fingerprint density at radius 2 is 1.74 bits per heavy atom. The zero-order valence-corrected chi connectivity index (χ0v) is 19.7. The molecule has 0 aromatic heterocycles. The number of nitrogens with zero attached hydrogens (tertiary/aromatic N) is 1. The Morgan fingerprint density at radius 3 is 2.41 bits per heavy atom. The highest BCUT2D eigenvalue weighted by atomic mass is 19.1. The predicted octanol–water partition coefficient (Wildman–Crippen LogP) is 3.95. The molecule has 2 aromatic carbocycles. The highest BCUT2D eigenvalue weighted by Crippen LogP contribution is 2.41. The molecule has 1 aliphatic carbocycles. The van der Waals surface area contributed by atoms with Crippen molar-refractivity contribution in [2.75, 3.05) is 27.3 Å². The fourth-order valence-electron chi connectivity index (χ4n) is 4.92. The maximum absolute atomic E-state index is 13.6. The van der Waals surface area contributed by atoms with Crippen LogP contribution in [0.2, 0.25) is 0 Å². The van der Waals surface area contributed by atoms with Crippen molar-refractivity contribution in [3.8, 4) is 11.5 Å². The van der Waals surface area contributed by atoms with Crippen LogP contribution in [0.1, 0.15) is 54.8 Å². The third kappa shape index (κ3) is 5.26. The molecular formula is C26H32FN3O4. The number of halogens is 1. The first-order chi connectivity index (χ1) is 16.5. The van der Waals surface area contributed by atoms with Crippen molar-refractivity contribution in [2.24, 2.45) is 0 Å². The molecule has 2 N–H and O–H groups in total. The number of amides is 3. The zero-order chi connectivity index (χ0) is 24.1. The van der Waals surface area contributed by atoms with Crippen LogP contribution < -0.4 is 20.1 Å². The minimum Gasteiger partial charge on any atom is -0.493 e. The van der Waals surface area contributed by atoms with Crippen molar-refractivity contribution in [1.29, 1.82) is 0 Å². The number of benzene rings is 2. The van der Waals surface area contributed by atoms with E-state index in [9.17, 15) is 14.0 Å². The molecule has 1 saturated carbocycles. The van der Waals surface area contributed by atoms with Gasteiger partial charge in [0.05, 0.1) is 20.3 Å². The van der Waals surface area contributed by atoms with Crippen LogP contribution in [0, 0.1) is 5.82 Å². The summed E-state index contributed by atoms with van der Waals surface area (Å²) in [6.45, 7) is 0.730. The first kappa shape index (κ1) is 23.9. The average Bonchev–Trinajstić information content (AvgIpc) is 3.35. The Balaban J connectivity index is 1.52. The molecule has 4 rings (SSSR count). The summed E-state index contributed by atoms with van der Waals surface area (Å²) in [5.41, 5.74) is 2.75. The van der Waals surface area contributed by atoms with Gasteiger partial charge in [0.2, 0.25) is 5.91 Å². The largest absolute Gasteiger partial charge is 0.493 e. The number of carbonyl (C=O) groups is 2. The SMILES string of the molecule is COc1cc2c(cc1OC)C(c1ccc(F)cc1)N(C(=O)NCCC(=O)NC1CCCC1)CC2. The Morgan fingerprint density at radius 1 is 1.06 bits per heavy atom. The zero-order valence-electron chi connectivity index (χ0n) is 19.7. The first-order valence-corrected chi connectivity index (χ1v) is 11.8. The molecule has 182 valence electrons. The summed E-state index contributed by atoms with van der Waals surface area (Å²) in [7, 11) is 3.16. The van der Waals surface area contributed by atoms with Crippen LogP contribution in [0.15, 0.2) is 36.4 Å². The van der Waals surface area contributed by atoms with E-state index in [1.165, 1.54) is 12.1 Å². The number of hydrogen-bond acceptors (Lipinski definition) is 4. The molecular weight excluding hydrogens is 437 g/mol. The summed E-state index contributed by atoms with van der Waals surface area (Å²) in [6, 6.07) is 9.59. The van der Waals surface area contributed by atoms with Gasteiger partial charge in [0, 0.05) is 25.6 Å². The highest BCUT2D eigenvalue weighted by Gasteiger charge is 2.33. The molecule has 1 heterocycles. The molecule has 2 aromatic rings. The quantitative estimate of drug-likeness (QED) is 0.644. The van der Waals surface area contributed by atoms with E-state index < -0.39 is 6.04 Å². The molecule has 2 aliphatic rings. The summed E-state index contributed by atoms with van der Waals surface area (Å²) < 4.78 is 24.6. The lowest BCUT2D eigenvalue weighted by Gasteiger charge is -2.38. The van der Waals surface area contributed by atoms with Gasteiger partial charge in [0.15, 0.2) is 11.5 Å². The molecule has 0 saturated heterocycles. The molecule has 1 fully saturated rings. The monoisotopic (exact) mass is 469 g/mol. The van der Waals surface area contributed by atoms with Gasteiger partial charge in [0.1, 0.15) is 5.82 Å². The van der Waals surface area contributed by atoms with E-state index in [1.807, 2.05) is 12.1 Å². The number of hydrogen-bond donors (Lipinski definition) is 2. The molecule has 1 atom stereocenters. The number of carbonyl (C=O) groups excluding carboxylic acids is 2. The van der Waals surface area contributed by atoms with E-state index in [-0.39, 0.29) is 36.8 Å². The summed E-state index contributed by atoms with van der Waals surface area (Å²) in [5.74, 6) is 0.823. The first-order valence-electron chi connectivity index (χ1n) is 11.8. The number of nitrogens with one attached hydrogen (secondary N) is 2. The summed E-state index contributed by atoms with van der Waals surface area (Å²) in [6.07, 6.45) is 5.23. The summed E-state index contributed by atoms with van der Waals surface area (Å²) in [4.78, 5) is 27.2.